The van der Waals surface area contributed by atoms with Gasteiger partial charge >= 0.3 is 6.18 Å². The zero-order valence-corrected chi connectivity index (χ0v) is 17.2. The van der Waals surface area contributed by atoms with E-state index in [1.165, 1.54) is 55.7 Å². The maximum absolute atomic E-state index is 13.7. The van der Waals surface area contributed by atoms with Crippen LogP contribution in [0.15, 0.2) is 36.4 Å². The zero-order chi connectivity index (χ0) is 21.3. The van der Waals surface area contributed by atoms with E-state index >= 15 is 0 Å². The highest BCUT2D eigenvalue weighted by molar-refractivity contribution is 5.48. The molecule has 2 aliphatic carbocycles. The Balaban J connectivity index is 1.51. The van der Waals surface area contributed by atoms with E-state index in [-0.39, 0.29) is 5.56 Å². The molecule has 0 N–H and O–H groups in total. The highest BCUT2D eigenvalue weighted by Gasteiger charge is 2.35. The summed E-state index contributed by atoms with van der Waals surface area (Å²) in [7, 11) is 0. The van der Waals surface area contributed by atoms with Crippen molar-refractivity contribution in [3.05, 3.63) is 70.0 Å². The first-order valence-electron chi connectivity index (χ1n) is 10.9. The number of hydrogen-bond donors (Lipinski definition) is 0. The molecule has 0 heterocycles. The number of aryl methyl sites for hydroxylation is 1. The molecule has 2 aromatic rings. The van der Waals surface area contributed by atoms with Gasteiger partial charge in [0.25, 0.3) is 0 Å². The van der Waals surface area contributed by atoms with Gasteiger partial charge < -0.3 is 0 Å². The van der Waals surface area contributed by atoms with Crippen LogP contribution in [0.25, 0.3) is 0 Å². The van der Waals surface area contributed by atoms with Crippen molar-refractivity contribution in [2.45, 2.75) is 64.0 Å². The second kappa shape index (κ2) is 8.46. The van der Waals surface area contributed by atoms with Crippen molar-refractivity contribution in [3.8, 4) is 11.8 Å². The molecule has 2 aromatic carbocycles. The summed E-state index contributed by atoms with van der Waals surface area (Å²) in [6, 6.07) is 9.11. The Bertz CT molecular complexity index is 977. The van der Waals surface area contributed by atoms with E-state index in [1.54, 1.807) is 0 Å². The summed E-state index contributed by atoms with van der Waals surface area (Å²) < 4.78 is 51.8. The Morgan fingerprint density at radius 2 is 1.70 bits per heavy atom. The molecule has 0 bridgehead atoms. The quantitative estimate of drug-likeness (QED) is 0.353. The normalized spacial score (nSPS) is 23.2. The minimum Gasteiger partial charge on any atom is -0.206 e. The number of benzene rings is 2. The fourth-order valence-corrected chi connectivity index (χ4v) is 5.33. The zero-order valence-electron chi connectivity index (χ0n) is 17.2. The molecular weight excluding hydrogens is 388 g/mol. The van der Waals surface area contributed by atoms with Crippen LogP contribution in [0.5, 0.6) is 0 Å². The topological polar surface area (TPSA) is 0 Å². The van der Waals surface area contributed by atoms with Gasteiger partial charge in [-0.3, -0.25) is 0 Å². The average Bonchev–Trinajstić information content (AvgIpc) is 2.71. The lowest BCUT2D eigenvalue weighted by molar-refractivity contribution is -0.140. The summed E-state index contributed by atoms with van der Waals surface area (Å²) in [5.41, 5.74) is 2.60. The van der Waals surface area contributed by atoms with Crippen LogP contribution in [-0.4, -0.2) is 0 Å². The summed E-state index contributed by atoms with van der Waals surface area (Å²) >= 11 is 0. The van der Waals surface area contributed by atoms with E-state index in [1.807, 2.05) is 6.07 Å². The Labute approximate surface area is 175 Å². The van der Waals surface area contributed by atoms with Crippen LogP contribution >= 0.6 is 0 Å². The van der Waals surface area contributed by atoms with Crippen LogP contribution in [-0.2, 0) is 12.6 Å². The second-order valence-electron chi connectivity index (χ2n) is 8.73. The van der Waals surface area contributed by atoms with Gasteiger partial charge in [-0.1, -0.05) is 37.7 Å². The van der Waals surface area contributed by atoms with E-state index in [9.17, 15) is 17.6 Å². The van der Waals surface area contributed by atoms with Crippen molar-refractivity contribution in [1.29, 1.82) is 0 Å². The minimum atomic E-state index is -4.69. The fourth-order valence-electron chi connectivity index (χ4n) is 5.33. The van der Waals surface area contributed by atoms with Crippen molar-refractivity contribution in [1.82, 2.24) is 0 Å². The van der Waals surface area contributed by atoms with Gasteiger partial charge in [-0.15, -0.1) is 0 Å². The molecule has 158 valence electrons. The highest BCUT2D eigenvalue weighted by Crippen LogP contribution is 2.47. The van der Waals surface area contributed by atoms with Crippen molar-refractivity contribution in [2.24, 2.45) is 11.8 Å². The molecule has 1 fully saturated rings. The predicted octanol–water partition coefficient (Wildman–Crippen LogP) is 7.49. The standard InChI is InChI=1S/C26H26F4/c1-2-3-17-6-11-22-20(14-17)9-10-21-15-18(7-12-23(21)22)4-5-19-8-13-24(25(27)16-19)26(28,29)30/h7-8,12-13,15-17,20,22H,2-3,6,9-11,14H2,1H3/t17-,20-,22+/m1/s1. The molecule has 0 saturated heterocycles. The Morgan fingerprint density at radius 1 is 0.967 bits per heavy atom. The molecule has 0 amide bonds. The summed E-state index contributed by atoms with van der Waals surface area (Å²) in [6.45, 7) is 2.27. The van der Waals surface area contributed by atoms with Gasteiger partial charge in [0.1, 0.15) is 5.82 Å². The molecule has 0 unspecified atom stereocenters. The van der Waals surface area contributed by atoms with Crippen LogP contribution in [0.2, 0.25) is 0 Å². The molecule has 0 radical (unpaired) electrons. The lowest BCUT2D eigenvalue weighted by Gasteiger charge is -2.40. The van der Waals surface area contributed by atoms with Gasteiger partial charge in [0.05, 0.1) is 5.56 Å². The van der Waals surface area contributed by atoms with Crippen LogP contribution in [0, 0.1) is 29.5 Å². The Kier molecular flexibility index (Phi) is 5.91. The van der Waals surface area contributed by atoms with E-state index in [4.69, 9.17) is 0 Å². The van der Waals surface area contributed by atoms with E-state index in [0.29, 0.717) is 5.92 Å². The number of alkyl halides is 3. The number of fused-ring (bicyclic) bond motifs is 3. The smallest absolute Gasteiger partial charge is 0.206 e. The second-order valence-corrected chi connectivity index (χ2v) is 8.73. The van der Waals surface area contributed by atoms with Gasteiger partial charge in [-0.25, -0.2) is 4.39 Å². The first-order chi connectivity index (χ1) is 14.3. The molecule has 0 nitrogen and oxygen atoms in total. The van der Waals surface area contributed by atoms with Gasteiger partial charge in [0.2, 0.25) is 0 Å². The van der Waals surface area contributed by atoms with Crippen LogP contribution in [0.1, 0.15) is 79.2 Å². The van der Waals surface area contributed by atoms with Crippen molar-refractivity contribution < 1.29 is 17.6 Å². The summed E-state index contributed by atoms with van der Waals surface area (Å²) in [4.78, 5) is 0. The summed E-state index contributed by atoms with van der Waals surface area (Å²) in [5.74, 6) is 6.83. The molecule has 2 aliphatic rings. The van der Waals surface area contributed by atoms with Crippen LogP contribution < -0.4 is 0 Å². The molecule has 0 aromatic heterocycles. The van der Waals surface area contributed by atoms with Gasteiger partial charge in [-0.2, -0.15) is 13.2 Å². The molecule has 3 atom stereocenters. The van der Waals surface area contributed by atoms with Gasteiger partial charge in [0.15, 0.2) is 0 Å². The number of halogens is 4. The highest BCUT2D eigenvalue weighted by atomic mass is 19.4. The van der Waals surface area contributed by atoms with Crippen molar-refractivity contribution >= 4 is 0 Å². The molecule has 4 rings (SSSR count). The van der Waals surface area contributed by atoms with Crippen LogP contribution in [0.3, 0.4) is 0 Å². The minimum absolute atomic E-state index is 0.243. The summed E-state index contributed by atoms with van der Waals surface area (Å²) in [6.07, 6.45) is 4.12. The predicted molar refractivity (Wildman–Crippen MR) is 111 cm³/mol. The molecule has 4 heteroatoms. The van der Waals surface area contributed by atoms with E-state index < -0.39 is 17.6 Å². The molecular formula is C26H26F4. The monoisotopic (exact) mass is 414 g/mol. The third kappa shape index (κ3) is 4.41. The maximum Gasteiger partial charge on any atom is 0.419 e. The lowest BCUT2D eigenvalue weighted by atomic mass is 9.64. The molecule has 0 spiro atoms. The maximum atomic E-state index is 13.7. The first-order valence-corrected chi connectivity index (χ1v) is 10.9. The largest absolute Gasteiger partial charge is 0.419 e. The number of hydrogen-bond acceptors (Lipinski definition) is 0. The van der Waals surface area contributed by atoms with Gasteiger partial charge in [0, 0.05) is 11.1 Å². The van der Waals surface area contributed by atoms with E-state index in [0.717, 1.165) is 36.0 Å². The first kappa shape index (κ1) is 21.0. The molecule has 30 heavy (non-hydrogen) atoms. The van der Waals surface area contributed by atoms with Crippen molar-refractivity contribution in [2.75, 3.05) is 0 Å². The fraction of sp³-hybridized carbons (Fsp3) is 0.462. The van der Waals surface area contributed by atoms with Crippen molar-refractivity contribution in [3.63, 3.8) is 0 Å². The third-order valence-electron chi connectivity index (χ3n) is 6.74. The molecule has 1 saturated carbocycles. The average molecular weight is 414 g/mol. The Morgan fingerprint density at radius 3 is 2.40 bits per heavy atom. The Hall–Kier alpha value is -2.28. The summed E-state index contributed by atoms with van der Waals surface area (Å²) in [5, 5.41) is 0. The lowest BCUT2D eigenvalue weighted by Crippen LogP contribution is -2.28. The molecule has 0 aliphatic heterocycles. The third-order valence-corrected chi connectivity index (χ3v) is 6.74. The number of rotatable bonds is 2. The van der Waals surface area contributed by atoms with Gasteiger partial charge in [-0.05, 0) is 91.3 Å². The SMILES string of the molecule is CCC[C@@H]1CC[C@@H]2c3ccc(C#Cc4ccc(C(F)(F)F)c(F)c4)cc3CC[C@@H]2C1. The van der Waals surface area contributed by atoms with E-state index in [2.05, 4.69) is 30.9 Å². The van der Waals surface area contributed by atoms with Crippen LogP contribution in [0.4, 0.5) is 17.6 Å².